The van der Waals surface area contributed by atoms with E-state index in [1.54, 1.807) is 0 Å². The van der Waals surface area contributed by atoms with Crippen LogP contribution in [0, 0.1) is 0 Å². The lowest BCUT2D eigenvalue weighted by Crippen LogP contribution is -2.18. The quantitative estimate of drug-likeness (QED) is 0.396. The van der Waals surface area contributed by atoms with Crippen molar-refractivity contribution >= 4 is 10.8 Å². The molecule has 1 heterocycles. The zero-order chi connectivity index (χ0) is 21.1. The summed E-state index contributed by atoms with van der Waals surface area (Å²) in [4.78, 5) is 3.56. The number of rotatable bonds is 5. The highest BCUT2D eigenvalue weighted by Gasteiger charge is 2.32. The monoisotopic (exact) mass is 406 g/mol. The molecule has 0 saturated heterocycles. The van der Waals surface area contributed by atoms with Crippen molar-refractivity contribution in [1.29, 1.82) is 0 Å². The molecule has 4 aromatic rings. The fourth-order valence-electron chi connectivity index (χ4n) is 3.60. The van der Waals surface area contributed by atoms with E-state index in [1.165, 1.54) is 28.6 Å². The van der Waals surface area contributed by atoms with Crippen molar-refractivity contribution in [2.45, 2.75) is 25.7 Å². The summed E-state index contributed by atoms with van der Waals surface area (Å²) in [5.74, 6) is 0. The van der Waals surface area contributed by atoms with Crippen LogP contribution in [0.4, 0.5) is 13.2 Å². The Bertz CT molecular complexity index is 1150. The lowest BCUT2D eigenvalue weighted by Gasteiger charge is -2.17. The van der Waals surface area contributed by atoms with Crippen molar-refractivity contribution in [2.24, 2.45) is 0 Å². The molecule has 2 nitrogen and oxygen atoms in total. The number of aromatic nitrogens is 1. The Morgan fingerprint density at radius 2 is 1.63 bits per heavy atom. The smallest absolute Gasteiger partial charge is 0.306 e. The first-order valence-electron chi connectivity index (χ1n) is 9.75. The fraction of sp³-hybridized carbons (Fsp3) is 0.160. The third-order valence-corrected chi connectivity index (χ3v) is 5.22. The SMILES string of the molecule is CC(NCc1cccc(-c2ccc(C(F)(F)F)nc2)c1)c1cccc2ccccc12. The Morgan fingerprint density at radius 3 is 2.40 bits per heavy atom. The molecule has 0 spiro atoms. The summed E-state index contributed by atoms with van der Waals surface area (Å²) in [6, 6.07) is 25.0. The van der Waals surface area contributed by atoms with Gasteiger partial charge in [0.05, 0.1) is 0 Å². The van der Waals surface area contributed by atoms with Crippen LogP contribution in [0.3, 0.4) is 0 Å². The average Bonchev–Trinajstić information content (AvgIpc) is 2.77. The largest absolute Gasteiger partial charge is 0.433 e. The number of nitrogens with one attached hydrogen (secondary N) is 1. The van der Waals surface area contributed by atoms with Gasteiger partial charge in [-0.2, -0.15) is 13.2 Å². The van der Waals surface area contributed by atoms with Crippen LogP contribution in [-0.4, -0.2) is 4.98 Å². The molecule has 30 heavy (non-hydrogen) atoms. The predicted molar refractivity (Wildman–Crippen MR) is 114 cm³/mol. The highest BCUT2D eigenvalue weighted by atomic mass is 19.4. The standard InChI is InChI=1S/C25H21F3N2/c1-17(22-11-5-8-19-7-2-3-10-23(19)22)29-15-18-6-4-9-20(14-18)21-12-13-24(30-16-21)25(26,27)28/h2-14,16-17,29H,15H2,1H3. The molecule has 0 radical (unpaired) electrons. The molecular weight excluding hydrogens is 385 g/mol. The molecule has 0 aliphatic heterocycles. The average molecular weight is 406 g/mol. The molecule has 0 fully saturated rings. The van der Waals surface area contributed by atoms with Crippen molar-refractivity contribution in [3.8, 4) is 11.1 Å². The van der Waals surface area contributed by atoms with E-state index in [9.17, 15) is 13.2 Å². The van der Waals surface area contributed by atoms with Crippen LogP contribution >= 0.6 is 0 Å². The predicted octanol–water partition coefficient (Wildman–Crippen LogP) is 6.77. The van der Waals surface area contributed by atoms with Crippen molar-refractivity contribution in [2.75, 3.05) is 0 Å². The van der Waals surface area contributed by atoms with Crippen molar-refractivity contribution < 1.29 is 13.2 Å². The first-order valence-corrected chi connectivity index (χ1v) is 9.75. The van der Waals surface area contributed by atoms with Crippen molar-refractivity contribution in [1.82, 2.24) is 10.3 Å². The van der Waals surface area contributed by atoms with Gasteiger partial charge in [0.1, 0.15) is 5.69 Å². The van der Waals surface area contributed by atoms with E-state index in [-0.39, 0.29) is 6.04 Å². The lowest BCUT2D eigenvalue weighted by molar-refractivity contribution is -0.141. The number of fused-ring (bicyclic) bond motifs is 1. The highest BCUT2D eigenvalue weighted by Crippen LogP contribution is 2.29. The minimum atomic E-state index is -4.43. The Hall–Kier alpha value is -3.18. The molecule has 3 aromatic carbocycles. The Balaban J connectivity index is 1.49. The maximum absolute atomic E-state index is 12.7. The summed E-state index contributed by atoms with van der Waals surface area (Å²) in [5.41, 5.74) is 2.91. The molecule has 152 valence electrons. The second kappa shape index (κ2) is 8.28. The van der Waals surface area contributed by atoms with Gasteiger partial charge in [-0.05, 0) is 46.5 Å². The van der Waals surface area contributed by atoms with Gasteiger partial charge in [-0.15, -0.1) is 0 Å². The van der Waals surface area contributed by atoms with Gasteiger partial charge < -0.3 is 5.32 Å². The van der Waals surface area contributed by atoms with Gasteiger partial charge >= 0.3 is 6.18 Å². The molecule has 0 amide bonds. The number of alkyl halides is 3. The fourth-order valence-corrected chi connectivity index (χ4v) is 3.60. The van der Waals surface area contributed by atoms with E-state index >= 15 is 0 Å². The molecule has 1 atom stereocenters. The molecule has 0 saturated carbocycles. The van der Waals surface area contributed by atoms with E-state index in [4.69, 9.17) is 0 Å². The first-order chi connectivity index (χ1) is 14.4. The highest BCUT2D eigenvalue weighted by molar-refractivity contribution is 5.86. The minimum absolute atomic E-state index is 0.146. The molecule has 1 N–H and O–H groups in total. The maximum Gasteiger partial charge on any atom is 0.433 e. The minimum Gasteiger partial charge on any atom is -0.306 e. The van der Waals surface area contributed by atoms with Gasteiger partial charge in [0.2, 0.25) is 0 Å². The van der Waals surface area contributed by atoms with Gasteiger partial charge in [-0.3, -0.25) is 4.98 Å². The molecule has 0 aliphatic rings. The number of halogens is 3. The van der Waals surface area contributed by atoms with Gasteiger partial charge in [-0.25, -0.2) is 0 Å². The van der Waals surface area contributed by atoms with E-state index in [0.29, 0.717) is 12.1 Å². The van der Waals surface area contributed by atoms with Crippen LogP contribution < -0.4 is 5.32 Å². The third kappa shape index (κ3) is 4.36. The zero-order valence-corrected chi connectivity index (χ0v) is 16.4. The molecule has 0 bridgehead atoms. The van der Waals surface area contributed by atoms with Crippen LogP contribution in [0.2, 0.25) is 0 Å². The van der Waals surface area contributed by atoms with E-state index in [0.717, 1.165) is 17.2 Å². The van der Waals surface area contributed by atoms with Crippen LogP contribution in [0.25, 0.3) is 21.9 Å². The van der Waals surface area contributed by atoms with Crippen molar-refractivity contribution in [3.63, 3.8) is 0 Å². The first kappa shape index (κ1) is 20.1. The van der Waals surface area contributed by atoms with Crippen LogP contribution in [0.1, 0.15) is 29.8 Å². The molecule has 5 heteroatoms. The van der Waals surface area contributed by atoms with Crippen molar-refractivity contribution in [3.05, 3.63) is 102 Å². The van der Waals surface area contributed by atoms with Crippen LogP contribution in [0.5, 0.6) is 0 Å². The number of hydrogen-bond acceptors (Lipinski definition) is 2. The lowest BCUT2D eigenvalue weighted by atomic mass is 9.99. The number of pyridine rings is 1. The summed E-state index contributed by atoms with van der Waals surface area (Å²) < 4.78 is 38.2. The van der Waals surface area contributed by atoms with E-state index in [2.05, 4.69) is 47.6 Å². The maximum atomic E-state index is 12.7. The van der Waals surface area contributed by atoms with Crippen LogP contribution in [0.15, 0.2) is 85.1 Å². The summed E-state index contributed by atoms with van der Waals surface area (Å²) in [5, 5.41) is 5.99. The van der Waals surface area contributed by atoms with Crippen LogP contribution in [-0.2, 0) is 12.7 Å². The molecule has 1 unspecified atom stereocenters. The Kier molecular flexibility index (Phi) is 5.55. The number of hydrogen-bond donors (Lipinski definition) is 1. The second-order valence-corrected chi connectivity index (χ2v) is 7.30. The Morgan fingerprint density at radius 1 is 0.867 bits per heavy atom. The molecular formula is C25H21F3N2. The van der Waals surface area contributed by atoms with Gasteiger partial charge in [0.25, 0.3) is 0 Å². The summed E-state index contributed by atoms with van der Waals surface area (Å²) in [6.45, 7) is 2.78. The summed E-state index contributed by atoms with van der Waals surface area (Å²) >= 11 is 0. The number of nitrogens with zero attached hydrogens (tertiary/aromatic N) is 1. The van der Waals surface area contributed by atoms with E-state index < -0.39 is 11.9 Å². The zero-order valence-electron chi connectivity index (χ0n) is 16.4. The molecule has 4 rings (SSSR count). The molecule has 0 aliphatic carbocycles. The normalized spacial score (nSPS) is 12.8. The number of benzene rings is 3. The summed E-state index contributed by atoms with van der Waals surface area (Å²) in [6.07, 6.45) is -3.16. The second-order valence-electron chi connectivity index (χ2n) is 7.30. The topological polar surface area (TPSA) is 24.9 Å². The van der Waals surface area contributed by atoms with Gasteiger partial charge in [0.15, 0.2) is 0 Å². The summed E-state index contributed by atoms with van der Waals surface area (Å²) in [7, 11) is 0. The Labute approximate surface area is 173 Å². The molecule has 1 aromatic heterocycles. The third-order valence-electron chi connectivity index (χ3n) is 5.22. The van der Waals surface area contributed by atoms with Gasteiger partial charge in [-0.1, -0.05) is 66.7 Å². The van der Waals surface area contributed by atoms with E-state index in [1.807, 2.05) is 36.4 Å². The van der Waals surface area contributed by atoms with Gasteiger partial charge in [0, 0.05) is 24.3 Å².